The highest BCUT2D eigenvalue weighted by Gasteiger charge is 2.21. The highest BCUT2D eigenvalue weighted by Crippen LogP contribution is 2.32. The predicted octanol–water partition coefficient (Wildman–Crippen LogP) is 2.78. The van der Waals surface area contributed by atoms with E-state index >= 15 is 0 Å². The summed E-state index contributed by atoms with van der Waals surface area (Å²) < 4.78 is 6.75. The molecule has 4 nitrogen and oxygen atoms in total. The molecule has 0 saturated heterocycles. The summed E-state index contributed by atoms with van der Waals surface area (Å²) >= 11 is 3.53. The van der Waals surface area contributed by atoms with Crippen molar-refractivity contribution in [1.29, 1.82) is 0 Å². The lowest BCUT2D eigenvalue weighted by molar-refractivity contribution is -0.124. The third-order valence-electron chi connectivity index (χ3n) is 3.32. The molecule has 0 aromatic heterocycles. The van der Waals surface area contributed by atoms with E-state index in [0.717, 1.165) is 28.8 Å². The summed E-state index contributed by atoms with van der Waals surface area (Å²) in [7, 11) is 0. The summed E-state index contributed by atoms with van der Waals surface area (Å²) in [6, 6.07) is 3.90. The number of benzene rings is 1. The fraction of sp³-hybridized carbons (Fsp3) is 0.562. The average Bonchev–Trinajstić information content (AvgIpc) is 2.81. The Hall–Kier alpha value is -1.07. The number of fused-ring (bicyclic) bond motifs is 1. The molecule has 0 bridgehead atoms. The third kappa shape index (κ3) is 4.45. The maximum Gasteiger partial charge on any atom is 0.237 e. The molecule has 1 heterocycles. The average molecular weight is 355 g/mol. The predicted molar refractivity (Wildman–Crippen MR) is 87.5 cm³/mol. The molecule has 5 heteroatoms. The first-order valence-corrected chi connectivity index (χ1v) is 8.05. The van der Waals surface area contributed by atoms with Crippen molar-refractivity contribution in [3.05, 3.63) is 27.7 Å². The molecule has 0 spiro atoms. The Morgan fingerprint density at radius 3 is 2.81 bits per heavy atom. The van der Waals surface area contributed by atoms with E-state index in [9.17, 15) is 4.79 Å². The summed E-state index contributed by atoms with van der Waals surface area (Å²) in [5.41, 5.74) is 2.10. The second kappa shape index (κ2) is 6.36. The van der Waals surface area contributed by atoms with Crippen molar-refractivity contribution in [3.63, 3.8) is 0 Å². The Labute approximate surface area is 134 Å². The molecule has 0 radical (unpaired) electrons. The topological polar surface area (TPSA) is 50.4 Å². The number of hydrogen-bond acceptors (Lipinski definition) is 3. The van der Waals surface area contributed by atoms with Crippen molar-refractivity contribution in [2.45, 2.75) is 52.2 Å². The largest absolute Gasteiger partial charge is 0.493 e. The zero-order valence-electron chi connectivity index (χ0n) is 13.0. The Bertz CT molecular complexity index is 538. The van der Waals surface area contributed by atoms with Crippen molar-refractivity contribution < 1.29 is 9.53 Å². The van der Waals surface area contributed by atoms with Crippen molar-refractivity contribution in [1.82, 2.24) is 10.6 Å². The van der Waals surface area contributed by atoms with Crippen LogP contribution in [0.5, 0.6) is 5.75 Å². The lowest BCUT2D eigenvalue weighted by atomic mass is 10.1. The van der Waals surface area contributed by atoms with Crippen LogP contribution in [-0.4, -0.2) is 24.1 Å². The molecule has 1 aliphatic rings. The normalized spacial score (nSPS) is 15.3. The van der Waals surface area contributed by atoms with Gasteiger partial charge >= 0.3 is 0 Å². The van der Waals surface area contributed by atoms with Crippen LogP contribution in [0.2, 0.25) is 0 Å². The molecule has 1 amide bonds. The molecule has 0 aliphatic carbocycles. The van der Waals surface area contributed by atoms with Gasteiger partial charge in [0, 0.05) is 28.5 Å². The standard InChI is InChI=1S/C16H23BrN2O2/c1-10(15(20)19-16(2,3)4)18-9-12-8-13(17)7-11-5-6-21-14(11)12/h7-8,10,18H,5-6,9H2,1-4H3,(H,19,20). The Kier molecular flexibility index (Phi) is 4.94. The van der Waals surface area contributed by atoms with Gasteiger partial charge in [-0.2, -0.15) is 0 Å². The molecule has 2 rings (SSSR count). The minimum absolute atomic E-state index is 0.00932. The molecule has 1 aliphatic heterocycles. The van der Waals surface area contributed by atoms with Crippen molar-refractivity contribution >= 4 is 21.8 Å². The monoisotopic (exact) mass is 354 g/mol. The first-order valence-electron chi connectivity index (χ1n) is 7.26. The quantitative estimate of drug-likeness (QED) is 0.873. The highest BCUT2D eigenvalue weighted by molar-refractivity contribution is 9.10. The lowest BCUT2D eigenvalue weighted by Crippen LogP contribution is -2.49. The maximum atomic E-state index is 12.1. The number of carbonyl (C=O) groups excluding carboxylic acids is 1. The number of ether oxygens (including phenoxy) is 1. The van der Waals surface area contributed by atoms with Crippen LogP contribution in [0.1, 0.15) is 38.8 Å². The Balaban J connectivity index is 1.99. The van der Waals surface area contributed by atoms with Gasteiger partial charge in [-0.3, -0.25) is 4.79 Å². The molecule has 0 fully saturated rings. The number of hydrogen-bond donors (Lipinski definition) is 2. The molecule has 1 aromatic rings. The van der Waals surface area contributed by atoms with Crippen LogP contribution in [0.25, 0.3) is 0 Å². The Morgan fingerprint density at radius 2 is 2.14 bits per heavy atom. The molecule has 1 unspecified atom stereocenters. The molecule has 116 valence electrons. The van der Waals surface area contributed by atoms with E-state index in [-0.39, 0.29) is 17.5 Å². The number of amides is 1. The van der Waals surface area contributed by atoms with Crippen molar-refractivity contribution in [2.75, 3.05) is 6.61 Å². The van der Waals surface area contributed by atoms with Crippen LogP contribution < -0.4 is 15.4 Å². The van der Waals surface area contributed by atoms with Gasteiger partial charge in [-0.1, -0.05) is 15.9 Å². The van der Waals surface area contributed by atoms with Crippen LogP contribution in [0.4, 0.5) is 0 Å². The number of nitrogens with one attached hydrogen (secondary N) is 2. The van der Waals surface area contributed by atoms with Gasteiger partial charge in [0.25, 0.3) is 0 Å². The van der Waals surface area contributed by atoms with Crippen molar-refractivity contribution in [2.24, 2.45) is 0 Å². The van der Waals surface area contributed by atoms with Crippen LogP contribution in [0.3, 0.4) is 0 Å². The summed E-state index contributed by atoms with van der Waals surface area (Å²) in [6.45, 7) is 9.16. The number of carbonyl (C=O) groups is 1. The first-order chi connectivity index (χ1) is 9.76. The van der Waals surface area contributed by atoms with Crippen LogP contribution in [0.15, 0.2) is 16.6 Å². The lowest BCUT2D eigenvalue weighted by Gasteiger charge is -2.24. The van der Waals surface area contributed by atoms with E-state index in [0.29, 0.717) is 6.54 Å². The summed E-state index contributed by atoms with van der Waals surface area (Å²) in [5.74, 6) is 0.976. The van der Waals surface area contributed by atoms with E-state index in [1.165, 1.54) is 5.56 Å². The van der Waals surface area contributed by atoms with E-state index in [1.807, 2.05) is 33.8 Å². The van der Waals surface area contributed by atoms with Gasteiger partial charge in [0.2, 0.25) is 5.91 Å². The summed E-state index contributed by atoms with van der Waals surface area (Å²) in [6.07, 6.45) is 0.946. The van der Waals surface area contributed by atoms with E-state index < -0.39 is 0 Å². The fourth-order valence-corrected chi connectivity index (χ4v) is 2.86. The van der Waals surface area contributed by atoms with Gasteiger partial charge in [0.15, 0.2) is 0 Å². The van der Waals surface area contributed by atoms with Crippen molar-refractivity contribution in [3.8, 4) is 5.75 Å². The molecule has 0 saturated carbocycles. The van der Waals surface area contributed by atoms with Gasteiger partial charge in [0.1, 0.15) is 5.75 Å². The third-order valence-corrected chi connectivity index (χ3v) is 3.77. The first kappa shape index (κ1) is 16.3. The van der Waals surface area contributed by atoms with E-state index in [4.69, 9.17) is 4.74 Å². The van der Waals surface area contributed by atoms with Gasteiger partial charge in [0.05, 0.1) is 12.6 Å². The molecular weight excluding hydrogens is 332 g/mol. The van der Waals surface area contributed by atoms with Gasteiger partial charge < -0.3 is 15.4 Å². The molecule has 2 N–H and O–H groups in total. The summed E-state index contributed by atoms with van der Waals surface area (Å²) in [4.78, 5) is 12.1. The van der Waals surface area contributed by atoms with Crippen LogP contribution in [-0.2, 0) is 17.8 Å². The highest BCUT2D eigenvalue weighted by atomic mass is 79.9. The fourth-order valence-electron chi connectivity index (χ4n) is 2.31. The minimum Gasteiger partial charge on any atom is -0.493 e. The molecular formula is C16H23BrN2O2. The van der Waals surface area contributed by atoms with Crippen LogP contribution >= 0.6 is 15.9 Å². The number of rotatable bonds is 4. The van der Waals surface area contributed by atoms with Gasteiger partial charge in [-0.25, -0.2) is 0 Å². The molecule has 21 heavy (non-hydrogen) atoms. The Morgan fingerprint density at radius 1 is 1.43 bits per heavy atom. The van der Waals surface area contributed by atoms with Crippen LogP contribution in [0, 0.1) is 0 Å². The SMILES string of the molecule is CC(NCc1cc(Br)cc2c1OCC2)C(=O)NC(C)(C)C. The zero-order valence-corrected chi connectivity index (χ0v) is 14.6. The number of halogens is 1. The van der Waals surface area contributed by atoms with E-state index in [1.54, 1.807) is 0 Å². The zero-order chi connectivity index (χ0) is 15.6. The van der Waals surface area contributed by atoms with Gasteiger partial charge in [-0.05, 0) is 45.4 Å². The second-order valence-corrected chi connectivity index (χ2v) is 7.41. The minimum atomic E-state index is -0.250. The van der Waals surface area contributed by atoms with Gasteiger partial charge in [-0.15, -0.1) is 0 Å². The molecule has 1 atom stereocenters. The second-order valence-electron chi connectivity index (χ2n) is 6.49. The van der Waals surface area contributed by atoms with E-state index in [2.05, 4.69) is 32.6 Å². The molecule has 1 aromatic carbocycles. The maximum absolute atomic E-state index is 12.1. The summed E-state index contributed by atoms with van der Waals surface area (Å²) in [5, 5.41) is 6.24. The smallest absolute Gasteiger partial charge is 0.237 e.